The fourth-order valence-corrected chi connectivity index (χ4v) is 7.39. The van der Waals surface area contributed by atoms with Gasteiger partial charge in [0, 0.05) is 28.0 Å². The normalized spacial score (nSPS) is 12.8. The molecule has 1 heteroatoms. The quantitative estimate of drug-likeness (QED) is 0.0885. The molecule has 4 aromatic rings. The number of benzene rings is 4. The number of nitrogens with zero attached hydrogens (tertiary/aromatic N) is 1. The van der Waals surface area contributed by atoms with Gasteiger partial charge in [-0.2, -0.15) is 0 Å². The minimum absolute atomic E-state index is 0.0118. The van der Waals surface area contributed by atoms with Gasteiger partial charge in [0.05, 0.1) is 0 Å². The van der Waals surface area contributed by atoms with Crippen molar-refractivity contribution in [3.8, 4) is 23.5 Å². The molecule has 0 unspecified atom stereocenters. The molecule has 44 heavy (non-hydrogen) atoms. The molecule has 1 aliphatic rings. The second-order valence-corrected chi connectivity index (χ2v) is 12.8. The summed E-state index contributed by atoms with van der Waals surface area (Å²) in [5, 5.41) is 0. The van der Waals surface area contributed by atoms with E-state index in [0.717, 1.165) is 5.56 Å². The highest BCUT2D eigenvalue weighted by atomic mass is 15.1. The van der Waals surface area contributed by atoms with Crippen LogP contribution in [0.5, 0.6) is 0 Å². The Hall–Kier alpha value is -3.76. The van der Waals surface area contributed by atoms with Crippen LogP contribution in [-0.4, -0.2) is 0 Å². The van der Waals surface area contributed by atoms with Crippen molar-refractivity contribution < 1.29 is 0 Å². The van der Waals surface area contributed by atoms with Crippen molar-refractivity contribution >= 4 is 17.1 Å². The average molecular weight is 582 g/mol. The first-order valence-corrected chi connectivity index (χ1v) is 17.4. The Morgan fingerprint density at radius 2 is 1.00 bits per heavy atom. The van der Waals surface area contributed by atoms with Crippen molar-refractivity contribution in [2.24, 2.45) is 0 Å². The molecule has 1 aliphatic carbocycles. The minimum Gasteiger partial charge on any atom is -0.310 e. The number of unbranched alkanes of at least 4 members (excludes halogenated alkanes) is 10. The summed E-state index contributed by atoms with van der Waals surface area (Å²) in [6.45, 7) is 4.60. The summed E-state index contributed by atoms with van der Waals surface area (Å²) < 4.78 is 0. The number of terminal acetylenes is 1. The lowest BCUT2D eigenvalue weighted by Crippen LogP contribution is -2.26. The van der Waals surface area contributed by atoms with E-state index in [9.17, 15) is 0 Å². The monoisotopic (exact) mass is 581 g/mol. The van der Waals surface area contributed by atoms with Gasteiger partial charge in [0.1, 0.15) is 0 Å². The Morgan fingerprint density at radius 3 is 1.52 bits per heavy atom. The Kier molecular flexibility index (Phi) is 11.4. The second-order valence-electron chi connectivity index (χ2n) is 12.8. The van der Waals surface area contributed by atoms with Crippen molar-refractivity contribution in [1.82, 2.24) is 0 Å². The number of fused-ring (bicyclic) bond motifs is 3. The fourth-order valence-electron chi connectivity index (χ4n) is 7.39. The molecule has 228 valence electrons. The lowest BCUT2D eigenvalue weighted by atomic mass is 9.70. The largest absolute Gasteiger partial charge is 0.310 e. The van der Waals surface area contributed by atoms with E-state index in [-0.39, 0.29) is 5.41 Å². The van der Waals surface area contributed by atoms with E-state index >= 15 is 0 Å². The minimum atomic E-state index is -0.0118. The summed E-state index contributed by atoms with van der Waals surface area (Å²) >= 11 is 0. The van der Waals surface area contributed by atoms with Crippen LogP contribution in [0.1, 0.15) is 120 Å². The van der Waals surface area contributed by atoms with Gasteiger partial charge in [-0.05, 0) is 83.6 Å². The first-order chi connectivity index (χ1) is 21.7. The maximum atomic E-state index is 6.01. The molecule has 0 fully saturated rings. The van der Waals surface area contributed by atoms with E-state index in [4.69, 9.17) is 6.42 Å². The van der Waals surface area contributed by atoms with Gasteiger partial charge in [-0.25, -0.2) is 0 Å². The van der Waals surface area contributed by atoms with E-state index < -0.39 is 0 Å². The zero-order valence-corrected chi connectivity index (χ0v) is 27.2. The van der Waals surface area contributed by atoms with Gasteiger partial charge in [-0.1, -0.05) is 145 Å². The van der Waals surface area contributed by atoms with Crippen LogP contribution in [0.15, 0.2) is 97.1 Å². The molecule has 0 spiro atoms. The van der Waals surface area contributed by atoms with E-state index in [1.165, 1.54) is 129 Å². The Bertz CT molecular complexity index is 1440. The lowest BCUT2D eigenvalue weighted by molar-refractivity contribution is 0.398. The topological polar surface area (TPSA) is 3.24 Å². The third kappa shape index (κ3) is 7.13. The van der Waals surface area contributed by atoms with Crippen molar-refractivity contribution in [2.75, 3.05) is 4.90 Å². The van der Waals surface area contributed by atoms with E-state index in [1.807, 2.05) is 0 Å². The standard InChI is InChI=1S/C43H51N/c1-4-7-9-11-13-21-31-43(32-22-14-12-10-8-5-2)41-33-35(6-3)27-29-39(41)40-30-28-38(34-42(40)43)44(36-23-17-15-18-24-36)37-25-19-16-20-26-37/h3,15-20,23-30,33-34H,4-5,7-14,21-22,31-32H2,1-2H3. The summed E-state index contributed by atoms with van der Waals surface area (Å²) in [4.78, 5) is 2.41. The fraction of sp³-hybridized carbons (Fsp3) is 0.395. The van der Waals surface area contributed by atoms with Crippen LogP contribution in [0.2, 0.25) is 0 Å². The molecule has 0 amide bonds. The Labute approximate surface area is 267 Å². The zero-order valence-electron chi connectivity index (χ0n) is 27.2. The Balaban J connectivity index is 1.58. The van der Waals surface area contributed by atoms with Crippen molar-refractivity contribution in [3.05, 3.63) is 114 Å². The van der Waals surface area contributed by atoms with Crippen LogP contribution in [-0.2, 0) is 5.41 Å². The summed E-state index contributed by atoms with van der Waals surface area (Å²) in [6, 6.07) is 35.6. The highest BCUT2D eigenvalue weighted by Crippen LogP contribution is 2.55. The van der Waals surface area contributed by atoms with Gasteiger partial charge in [-0.15, -0.1) is 6.42 Å². The predicted octanol–water partition coefficient (Wildman–Crippen LogP) is 12.9. The average Bonchev–Trinajstić information content (AvgIpc) is 3.33. The molecular weight excluding hydrogens is 530 g/mol. The molecule has 0 aromatic heterocycles. The number of anilines is 3. The zero-order chi connectivity index (χ0) is 30.6. The van der Waals surface area contributed by atoms with Crippen LogP contribution in [0, 0.1) is 12.3 Å². The lowest BCUT2D eigenvalue weighted by Gasteiger charge is -2.34. The maximum Gasteiger partial charge on any atom is 0.0465 e. The first kappa shape index (κ1) is 31.7. The maximum absolute atomic E-state index is 6.01. The number of para-hydroxylation sites is 2. The molecular formula is C43H51N. The third-order valence-corrected chi connectivity index (χ3v) is 9.71. The van der Waals surface area contributed by atoms with Gasteiger partial charge < -0.3 is 4.90 Å². The summed E-state index contributed by atoms with van der Waals surface area (Å²) in [7, 11) is 0. The van der Waals surface area contributed by atoms with E-state index in [0.29, 0.717) is 0 Å². The highest BCUT2D eigenvalue weighted by molar-refractivity contribution is 5.86. The first-order valence-electron chi connectivity index (χ1n) is 17.4. The van der Waals surface area contributed by atoms with Crippen LogP contribution in [0.3, 0.4) is 0 Å². The van der Waals surface area contributed by atoms with Gasteiger partial charge in [0.25, 0.3) is 0 Å². The molecule has 0 N–H and O–H groups in total. The summed E-state index contributed by atoms with van der Waals surface area (Å²) in [6.07, 6.45) is 24.1. The summed E-state index contributed by atoms with van der Waals surface area (Å²) in [5.41, 5.74) is 10.3. The number of hydrogen-bond acceptors (Lipinski definition) is 1. The van der Waals surface area contributed by atoms with E-state index in [1.54, 1.807) is 0 Å². The summed E-state index contributed by atoms with van der Waals surface area (Å²) in [5.74, 6) is 2.97. The molecule has 0 radical (unpaired) electrons. The Morgan fingerprint density at radius 1 is 0.523 bits per heavy atom. The highest BCUT2D eigenvalue weighted by Gasteiger charge is 2.42. The number of rotatable bonds is 17. The molecule has 0 saturated carbocycles. The van der Waals surface area contributed by atoms with Gasteiger partial charge in [0.15, 0.2) is 0 Å². The van der Waals surface area contributed by atoms with Crippen molar-refractivity contribution in [2.45, 2.75) is 109 Å². The van der Waals surface area contributed by atoms with Crippen molar-refractivity contribution in [3.63, 3.8) is 0 Å². The molecule has 0 bridgehead atoms. The smallest absolute Gasteiger partial charge is 0.0465 e. The second kappa shape index (κ2) is 15.8. The van der Waals surface area contributed by atoms with Crippen LogP contribution < -0.4 is 4.90 Å². The van der Waals surface area contributed by atoms with Crippen LogP contribution in [0.25, 0.3) is 11.1 Å². The van der Waals surface area contributed by atoms with Gasteiger partial charge >= 0.3 is 0 Å². The van der Waals surface area contributed by atoms with Crippen LogP contribution in [0.4, 0.5) is 17.1 Å². The molecule has 4 aromatic carbocycles. The molecule has 5 rings (SSSR count). The SMILES string of the molecule is C#Cc1ccc2c(c1)C(CCCCCCCC)(CCCCCCCC)c1cc(N(c3ccccc3)c3ccccc3)ccc1-2. The van der Waals surface area contributed by atoms with Crippen LogP contribution >= 0.6 is 0 Å². The number of hydrogen-bond donors (Lipinski definition) is 0. The molecule has 0 aliphatic heterocycles. The van der Waals surface area contributed by atoms with Crippen molar-refractivity contribution in [1.29, 1.82) is 0 Å². The van der Waals surface area contributed by atoms with Gasteiger partial charge in [0.2, 0.25) is 0 Å². The molecule has 0 heterocycles. The molecule has 1 nitrogen and oxygen atoms in total. The van der Waals surface area contributed by atoms with E-state index in [2.05, 4.69) is 122 Å². The molecule has 0 atom stereocenters. The third-order valence-electron chi connectivity index (χ3n) is 9.71. The predicted molar refractivity (Wildman–Crippen MR) is 191 cm³/mol. The van der Waals surface area contributed by atoms with Gasteiger partial charge in [-0.3, -0.25) is 0 Å². The molecule has 0 saturated heterocycles.